The van der Waals surface area contributed by atoms with Crippen molar-refractivity contribution >= 4 is 16.7 Å². The molecule has 4 rings (SSSR count). The molecule has 4 aromatic rings. The van der Waals surface area contributed by atoms with Crippen molar-refractivity contribution in [2.75, 3.05) is 6.61 Å². The van der Waals surface area contributed by atoms with Crippen LogP contribution in [0.15, 0.2) is 36.9 Å². The number of hydrogen-bond acceptors (Lipinski definition) is 5. The molecule has 7 heteroatoms. The van der Waals surface area contributed by atoms with Crippen LogP contribution in [0.3, 0.4) is 0 Å². The van der Waals surface area contributed by atoms with Crippen molar-refractivity contribution in [1.82, 2.24) is 29.5 Å². The zero-order valence-electron chi connectivity index (χ0n) is 11.3. The molecule has 0 spiro atoms. The largest absolute Gasteiger partial charge is 0.464 e. The summed E-state index contributed by atoms with van der Waals surface area (Å²) in [6.45, 7) is 2.44. The van der Waals surface area contributed by atoms with Crippen LogP contribution in [0, 0.1) is 0 Å². The quantitative estimate of drug-likeness (QED) is 0.621. The SMILES string of the molecule is CCOc1ncc2c(-c3ccn4nccc4n3)c[nH]c2n1. The number of ether oxygens (including phenoxy) is 1. The van der Waals surface area contributed by atoms with Crippen molar-refractivity contribution < 1.29 is 4.74 Å². The van der Waals surface area contributed by atoms with E-state index < -0.39 is 0 Å². The Labute approximate surface area is 119 Å². The minimum atomic E-state index is 0.373. The Kier molecular flexibility index (Phi) is 2.56. The fraction of sp³-hybridized carbons (Fsp3) is 0.143. The molecular formula is C14H12N6O. The molecule has 0 bridgehead atoms. The van der Waals surface area contributed by atoms with E-state index in [1.165, 1.54) is 0 Å². The number of H-pyrrole nitrogens is 1. The number of nitrogens with zero attached hydrogens (tertiary/aromatic N) is 5. The summed E-state index contributed by atoms with van der Waals surface area (Å²) in [5.41, 5.74) is 3.34. The molecule has 0 aliphatic rings. The molecule has 0 saturated heterocycles. The van der Waals surface area contributed by atoms with Gasteiger partial charge in [0.25, 0.3) is 0 Å². The van der Waals surface area contributed by atoms with Gasteiger partial charge in [-0.2, -0.15) is 10.1 Å². The molecule has 1 N–H and O–H groups in total. The lowest BCUT2D eigenvalue weighted by Gasteiger charge is -2.01. The number of nitrogens with one attached hydrogen (secondary N) is 1. The molecule has 0 unspecified atom stereocenters. The second-order valence-electron chi connectivity index (χ2n) is 4.50. The zero-order valence-corrected chi connectivity index (χ0v) is 11.3. The van der Waals surface area contributed by atoms with Gasteiger partial charge in [0.05, 0.1) is 18.5 Å². The third kappa shape index (κ3) is 1.90. The second-order valence-corrected chi connectivity index (χ2v) is 4.50. The van der Waals surface area contributed by atoms with Crippen LogP contribution in [0.5, 0.6) is 6.01 Å². The summed E-state index contributed by atoms with van der Waals surface area (Å²) in [4.78, 5) is 16.3. The van der Waals surface area contributed by atoms with Crippen molar-refractivity contribution in [2.24, 2.45) is 0 Å². The second kappa shape index (κ2) is 4.55. The van der Waals surface area contributed by atoms with Crippen LogP contribution in [0.1, 0.15) is 6.92 Å². The average Bonchev–Trinajstić information content (AvgIpc) is 3.12. The topological polar surface area (TPSA) is 81.0 Å². The summed E-state index contributed by atoms with van der Waals surface area (Å²) >= 11 is 0. The maximum absolute atomic E-state index is 5.31. The van der Waals surface area contributed by atoms with Crippen molar-refractivity contribution in [3.63, 3.8) is 0 Å². The number of aromatic nitrogens is 6. The van der Waals surface area contributed by atoms with Gasteiger partial charge < -0.3 is 9.72 Å². The van der Waals surface area contributed by atoms with Gasteiger partial charge in [-0.05, 0) is 13.0 Å². The van der Waals surface area contributed by atoms with Gasteiger partial charge in [0.1, 0.15) is 5.65 Å². The normalized spacial score (nSPS) is 11.3. The highest BCUT2D eigenvalue weighted by atomic mass is 16.5. The fourth-order valence-electron chi connectivity index (χ4n) is 2.26. The molecule has 104 valence electrons. The highest BCUT2D eigenvalue weighted by Gasteiger charge is 2.11. The first-order chi connectivity index (χ1) is 10.3. The van der Waals surface area contributed by atoms with Crippen LogP contribution in [-0.2, 0) is 0 Å². The fourth-order valence-corrected chi connectivity index (χ4v) is 2.26. The maximum Gasteiger partial charge on any atom is 0.318 e. The van der Waals surface area contributed by atoms with E-state index in [9.17, 15) is 0 Å². The average molecular weight is 280 g/mol. The summed E-state index contributed by atoms with van der Waals surface area (Å²) in [7, 11) is 0. The van der Waals surface area contributed by atoms with Gasteiger partial charge in [0.15, 0.2) is 5.65 Å². The summed E-state index contributed by atoms with van der Waals surface area (Å²) < 4.78 is 7.03. The zero-order chi connectivity index (χ0) is 14.2. The van der Waals surface area contributed by atoms with Gasteiger partial charge in [0, 0.05) is 35.6 Å². The van der Waals surface area contributed by atoms with E-state index in [1.807, 2.05) is 31.5 Å². The molecule has 21 heavy (non-hydrogen) atoms. The van der Waals surface area contributed by atoms with Crippen LogP contribution in [0.25, 0.3) is 27.9 Å². The highest BCUT2D eigenvalue weighted by Crippen LogP contribution is 2.26. The van der Waals surface area contributed by atoms with Crippen LogP contribution < -0.4 is 4.74 Å². The number of aromatic amines is 1. The summed E-state index contributed by atoms with van der Waals surface area (Å²) in [6.07, 6.45) is 7.23. The molecule has 0 aromatic carbocycles. The van der Waals surface area contributed by atoms with E-state index in [2.05, 4.69) is 25.0 Å². The minimum Gasteiger partial charge on any atom is -0.464 e. The van der Waals surface area contributed by atoms with Crippen molar-refractivity contribution in [1.29, 1.82) is 0 Å². The molecule has 4 aromatic heterocycles. The Hall–Kier alpha value is -2.96. The van der Waals surface area contributed by atoms with Gasteiger partial charge >= 0.3 is 6.01 Å². The highest BCUT2D eigenvalue weighted by molar-refractivity contribution is 5.92. The molecule has 0 aliphatic heterocycles. The summed E-state index contributed by atoms with van der Waals surface area (Å²) in [6, 6.07) is 4.15. The van der Waals surface area contributed by atoms with Crippen LogP contribution >= 0.6 is 0 Å². The molecule has 0 saturated carbocycles. The van der Waals surface area contributed by atoms with Crippen LogP contribution in [-0.4, -0.2) is 36.2 Å². The van der Waals surface area contributed by atoms with E-state index in [-0.39, 0.29) is 0 Å². The van der Waals surface area contributed by atoms with E-state index >= 15 is 0 Å². The first kappa shape index (κ1) is 11.8. The molecule has 0 atom stereocenters. The standard InChI is InChI=1S/C14H12N6O/c1-2-21-14-16-8-10-9(7-15-13(10)19-14)11-4-6-20-12(18-11)3-5-17-20/h3-8H,2H2,1H3,(H,15,16,19). The lowest BCUT2D eigenvalue weighted by molar-refractivity contribution is 0.314. The third-order valence-electron chi connectivity index (χ3n) is 3.22. The molecule has 0 amide bonds. The number of hydrogen-bond donors (Lipinski definition) is 1. The Morgan fingerprint density at radius 2 is 2.24 bits per heavy atom. The Morgan fingerprint density at radius 3 is 3.14 bits per heavy atom. The molecule has 4 heterocycles. The minimum absolute atomic E-state index is 0.373. The molecular weight excluding hydrogens is 268 g/mol. The molecule has 7 nitrogen and oxygen atoms in total. The molecule has 0 radical (unpaired) electrons. The van der Waals surface area contributed by atoms with Gasteiger partial charge in [-0.3, -0.25) is 0 Å². The molecule has 0 fully saturated rings. The lowest BCUT2D eigenvalue weighted by Crippen LogP contribution is -1.97. The third-order valence-corrected chi connectivity index (χ3v) is 3.22. The number of rotatable bonds is 3. The van der Waals surface area contributed by atoms with E-state index in [0.717, 1.165) is 27.9 Å². The monoisotopic (exact) mass is 280 g/mol. The van der Waals surface area contributed by atoms with Crippen molar-refractivity contribution in [2.45, 2.75) is 6.92 Å². The maximum atomic E-state index is 5.31. The summed E-state index contributed by atoms with van der Waals surface area (Å²) in [5.74, 6) is 0. The van der Waals surface area contributed by atoms with Crippen molar-refractivity contribution in [3.05, 3.63) is 36.9 Å². The van der Waals surface area contributed by atoms with E-state index in [1.54, 1.807) is 16.9 Å². The Morgan fingerprint density at radius 1 is 1.29 bits per heavy atom. The summed E-state index contributed by atoms with van der Waals surface area (Å²) in [5, 5.41) is 5.05. The van der Waals surface area contributed by atoms with Crippen molar-refractivity contribution in [3.8, 4) is 17.3 Å². The van der Waals surface area contributed by atoms with Gasteiger partial charge in [-0.25, -0.2) is 14.5 Å². The lowest BCUT2D eigenvalue weighted by atomic mass is 10.2. The predicted molar refractivity (Wildman–Crippen MR) is 77.0 cm³/mol. The van der Waals surface area contributed by atoms with E-state index in [0.29, 0.717) is 12.6 Å². The van der Waals surface area contributed by atoms with Gasteiger partial charge in [-0.15, -0.1) is 0 Å². The van der Waals surface area contributed by atoms with Gasteiger partial charge in [-0.1, -0.05) is 0 Å². The van der Waals surface area contributed by atoms with E-state index in [4.69, 9.17) is 4.74 Å². The van der Waals surface area contributed by atoms with Gasteiger partial charge in [0.2, 0.25) is 0 Å². The van der Waals surface area contributed by atoms with Crippen LogP contribution in [0.2, 0.25) is 0 Å². The Balaban J connectivity index is 1.85. The first-order valence-corrected chi connectivity index (χ1v) is 6.63. The molecule has 0 aliphatic carbocycles. The number of fused-ring (bicyclic) bond motifs is 2. The predicted octanol–water partition coefficient (Wildman–Crippen LogP) is 2.07. The Bertz CT molecular complexity index is 925. The smallest absolute Gasteiger partial charge is 0.318 e. The first-order valence-electron chi connectivity index (χ1n) is 6.63. The van der Waals surface area contributed by atoms with Crippen LogP contribution in [0.4, 0.5) is 0 Å².